The second-order valence-corrected chi connectivity index (χ2v) is 6.38. The van der Waals surface area contributed by atoms with Gasteiger partial charge in [0.25, 0.3) is 0 Å². The Morgan fingerprint density at radius 2 is 1.91 bits per heavy atom. The van der Waals surface area contributed by atoms with Crippen molar-refractivity contribution in [2.45, 2.75) is 22.3 Å². The molecular weight excluding hydrogens is 248 g/mol. The Kier molecular flexibility index (Phi) is 3.97. The van der Waals surface area contributed by atoms with Crippen LogP contribution in [0.4, 0.5) is 0 Å². The summed E-state index contributed by atoms with van der Waals surface area (Å²) in [7, 11) is 0. The van der Waals surface area contributed by atoms with Gasteiger partial charge in [0, 0.05) is 0 Å². The van der Waals surface area contributed by atoms with Crippen LogP contribution in [0.25, 0.3) is 0 Å². The predicted octanol–water partition coefficient (Wildman–Crippen LogP) is 2.79. The monoisotopic (exact) mass is 264 g/mol. The van der Waals surface area contributed by atoms with Crippen LogP contribution in [0.5, 0.6) is 0 Å². The van der Waals surface area contributed by atoms with E-state index in [0.29, 0.717) is 0 Å². The molecule has 0 aliphatic rings. The summed E-state index contributed by atoms with van der Waals surface area (Å²) >= 11 is 0.264. The normalized spacial score (nSPS) is 12.9. The van der Waals surface area contributed by atoms with E-state index < -0.39 is 0 Å². The summed E-state index contributed by atoms with van der Waals surface area (Å²) in [5.74, 6) is 0. The van der Waals surface area contributed by atoms with Crippen LogP contribution in [0, 0.1) is 0 Å². The third-order valence-electron chi connectivity index (χ3n) is 1.77. The molecule has 0 nitrogen and oxygen atoms in total. The molecule has 11 heavy (non-hydrogen) atoms. The van der Waals surface area contributed by atoms with Gasteiger partial charge in [-0.25, -0.2) is 0 Å². The van der Waals surface area contributed by atoms with Crippen LogP contribution in [0.1, 0.15) is 12.5 Å². The van der Waals surface area contributed by atoms with Crippen molar-refractivity contribution in [3.05, 3.63) is 35.9 Å². The van der Waals surface area contributed by atoms with Gasteiger partial charge in [0.2, 0.25) is 0 Å². The molecule has 0 aliphatic heterocycles. The van der Waals surface area contributed by atoms with Crippen LogP contribution in [-0.4, -0.2) is 20.9 Å². The van der Waals surface area contributed by atoms with Gasteiger partial charge in [-0.05, 0) is 0 Å². The molecule has 0 spiro atoms. The van der Waals surface area contributed by atoms with Crippen LogP contribution < -0.4 is 0 Å². The molecule has 0 saturated carbocycles. The summed E-state index contributed by atoms with van der Waals surface area (Å²) in [4.78, 5) is 2.37. The Labute approximate surface area is 79.1 Å². The fourth-order valence-corrected chi connectivity index (χ4v) is 2.05. The minimum atomic E-state index is 0.264. The van der Waals surface area contributed by atoms with E-state index in [1.54, 1.807) is 0 Å². The molecule has 0 radical (unpaired) electrons. The zero-order valence-electron chi connectivity index (χ0n) is 7.08. The number of hydrogen-bond acceptors (Lipinski definition) is 0. The molecule has 0 amide bonds. The van der Waals surface area contributed by atoms with Crippen molar-refractivity contribution < 1.29 is 0 Å². The van der Waals surface area contributed by atoms with E-state index in [1.165, 1.54) is 12.0 Å². The van der Waals surface area contributed by atoms with Crippen molar-refractivity contribution in [3.63, 3.8) is 0 Å². The summed E-state index contributed by atoms with van der Waals surface area (Å²) < 4.78 is 0.947. The van der Waals surface area contributed by atoms with Gasteiger partial charge < -0.3 is 0 Å². The Morgan fingerprint density at radius 3 is 2.45 bits per heavy atom. The molecule has 1 aromatic rings. The third-order valence-corrected chi connectivity index (χ3v) is 4.54. The van der Waals surface area contributed by atoms with Crippen molar-refractivity contribution in [3.8, 4) is 0 Å². The topological polar surface area (TPSA) is 0 Å². The molecule has 0 saturated heterocycles. The first kappa shape index (κ1) is 9.10. The van der Waals surface area contributed by atoms with E-state index in [9.17, 15) is 0 Å². The Morgan fingerprint density at radius 1 is 1.27 bits per heavy atom. The average molecular weight is 262 g/mol. The number of benzene rings is 1. The fraction of sp³-hybridized carbons (Fsp3) is 0.400. The van der Waals surface area contributed by atoms with E-state index in [2.05, 4.69) is 42.2 Å². The SMILES string of the molecule is C[Te]C(C)Cc1ccccc1. The molecule has 1 aromatic carbocycles. The minimum absolute atomic E-state index is 0.264. The molecule has 0 heterocycles. The van der Waals surface area contributed by atoms with Crippen molar-refractivity contribution in [2.24, 2.45) is 0 Å². The van der Waals surface area contributed by atoms with Crippen LogP contribution in [0.2, 0.25) is 8.94 Å². The molecule has 1 heteroatoms. The maximum atomic E-state index is 2.37. The van der Waals surface area contributed by atoms with Crippen molar-refractivity contribution in [2.75, 3.05) is 0 Å². The summed E-state index contributed by atoms with van der Waals surface area (Å²) in [6.07, 6.45) is 1.28. The Balaban J connectivity index is 2.51. The Hall–Kier alpha value is 0.00961. The van der Waals surface area contributed by atoms with Gasteiger partial charge in [-0.2, -0.15) is 0 Å². The van der Waals surface area contributed by atoms with E-state index in [-0.39, 0.29) is 20.9 Å². The molecule has 1 unspecified atom stereocenters. The molecule has 1 atom stereocenters. The van der Waals surface area contributed by atoms with Crippen LogP contribution in [-0.2, 0) is 6.42 Å². The average Bonchev–Trinajstić information content (AvgIpc) is 2.06. The molecule has 0 bridgehead atoms. The summed E-state index contributed by atoms with van der Waals surface area (Å²) in [5, 5.41) is 0. The zero-order chi connectivity index (χ0) is 8.10. The van der Waals surface area contributed by atoms with E-state index in [1.807, 2.05) is 0 Å². The van der Waals surface area contributed by atoms with Gasteiger partial charge in [-0.1, -0.05) is 0 Å². The summed E-state index contributed by atoms with van der Waals surface area (Å²) in [6, 6.07) is 10.8. The molecular formula is C10H14Te. The van der Waals surface area contributed by atoms with Gasteiger partial charge in [0.05, 0.1) is 0 Å². The predicted molar refractivity (Wildman–Crippen MR) is 51.2 cm³/mol. The van der Waals surface area contributed by atoms with Crippen LogP contribution in [0.15, 0.2) is 30.3 Å². The summed E-state index contributed by atoms with van der Waals surface area (Å²) in [5.41, 5.74) is 1.49. The number of rotatable bonds is 3. The fourth-order valence-electron chi connectivity index (χ4n) is 1.03. The first-order valence-corrected chi connectivity index (χ1v) is 7.57. The van der Waals surface area contributed by atoms with Gasteiger partial charge in [0.1, 0.15) is 0 Å². The van der Waals surface area contributed by atoms with Gasteiger partial charge in [0.15, 0.2) is 0 Å². The van der Waals surface area contributed by atoms with Crippen LogP contribution in [0.3, 0.4) is 0 Å². The molecule has 60 valence electrons. The molecule has 1 rings (SSSR count). The summed E-state index contributed by atoms with van der Waals surface area (Å²) in [6.45, 7) is 2.36. The van der Waals surface area contributed by atoms with Gasteiger partial charge >= 0.3 is 79.1 Å². The first-order valence-electron chi connectivity index (χ1n) is 3.89. The molecule has 0 fully saturated rings. The van der Waals surface area contributed by atoms with Crippen molar-refractivity contribution in [1.82, 2.24) is 0 Å². The quantitative estimate of drug-likeness (QED) is 0.734. The van der Waals surface area contributed by atoms with Gasteiger partial charge in [-0.15, -0.1) is 0 Å². The second-order valence-electron chi connectivity index (χ2n) is 2.74. The molecule has 0 aliphatic carbocycles. The van der Waals surface area contributed by atoms with Crippen molar-refractivity contribution >= 4 is 20.9 Å². The standard InChI is InChI=1S/C10H14Te/c1-9(11-2)8-10-6-4-3-5-7-10/h3-7,9H,8H2,1-2H3. The van der Waals surface area contributed by atoms with E-state index >= 15 is 0 Å². The Bertz CT molecular complexity index is 193. The van der Waals surface area contributed by atoms with E-state index in [4.69, 9.17) is 0 Å². The second kappa shape index (κ2) is 4.80. The molecule has 0 N–H and O–H groups in total. The number of hydrogen-bond donors (Lipinski definition) is 0. The maximum absolute atomic E-state index is 2.37. The van der Waals surface area contributed by atoms with Gasteiger partial charge in [-0.3, -0.25) is 0 Å². The zero-order valence-corrected chi connectivity index (χ0v) is 9.41. The first-order chi connectivity index (χ1) is 5.33. The van der Waals surface area contributed by atoms with Crippen molar-refractivity contribution in [1.29, 1.82) is 0 Å². The third kappa shape index (κ3) is 3.27. The van der Waals surface area contributed by atoms with E-state index in [0.717, 1.165) is 3.97 Å². The molecule has 0 aromatic heterocycles. The van der Waals surface area contributed by atoms with Crippen LogP contribution >= 0.6 is 0 Å².